The minimum Gasteiger partial charge on any atom is -0.493 e. The van der Waals surface area contributed by atoms with E-state index in [2.05, 4.69) is 28.2 Å². The molecule has 0 radical (unpaired) electrons. The number of rotatable bonds is 6. The number of hydrogen-bond donors (Lipinski definition) is 2. The summed E-state index contributed by atoms with van der Waals surface area (Å²) in [7, 11) is 1.63. The van der Waals surface area contributed by atoms with E-state index in [0.717, 1.165) is 16.7 Å². The minimum absolute atomic E-state index is 0.0317. The molecule has 2 N–H and O–H groups in total. The number of anilines is 1. The second-order valence-electron chi connectivity index (χ2n) is 5.64. The molecule has 0 saturated heterocycles. The molecule has 126 valence electrons. The first-order valence-electron chi connectivity index (χ1n) is 7.95. The Bertz CT molecular complexity index is 767. The third-order valence-corrected chi connectivity index (χ3v) is 4.12. The number of allylic oxidation sites excluding steroid dienone is 1. The number of ether oxygens (including phenoxy) is 2. The van der Waals surface area contributed by atoms with Crippen molar-refractivity contribution in [2.24, 2.45) is 0 Å². The van der Waals surface area contributed by atoms with Crippen LogP contribution in [0.1, 0.15) is 36.0 Å². The molecule has 1 aromatic carbocycles. The molecule has 3 rings (SSSR count). The molecular weight excluding hydrogens is 306 g/mol. The number of nitrogens with one attached hydrogen (secondary N) is 2. The molecule has 0 spiro atoms. The maximum absolute atomic E-state index is 12.0. The Hall–Kier alpha value is -2.76. The number of aromatic amines is 1. The number of aromatic nitrogens is 2. The van der Waals surface area contributed by atoms with Gasteiger partial charge in [-0.05, 0) is 25.0 Å². The molecule has 0 bridgehead atoms. The zero-order valence-electron chi connectivity index (χ0n) is 13.9. The predicted molar refractivity (Wildman–Crippen MR) is 91.7 cm³/mol. The fourth-order valence-corrected chi connectivity index (χ4v) is 3.13. The molecular formula is C18H21N3O3. The van der Waals surface area contributed by atoms with Crippen LogP contribution in [0.3, 0.4) is 0 Å². The Morgan fingerprint density at radius 1 is 1.46 bits per heavy atom. The highest BCUT2D eigenvalue weighted by Crippen LogP contribution is 2.41. The van der Waals surface area contributed by atoms with Gasteiger partial charge in [-0.2, -0.15) is 5.10 Å². The molecule has 0 saturated carbocycles. The number of carbonyl (C=O) groups is 1. The van der Waals surface area contributed by atoms with Crippen LogP contribution in [0.2, 0.25) is 0 Å². The number of nitrogens with zero attached hydrogens (tertiary/aromatic N) is 1. The van der Waals surface area contributed by atoms with Crippen LogP contribution in [0.15, 0.2) is 31.0 Å². The largest absolute Gasteiger partial charge is 0.493 e. The van der Waals surface area contributed by atoms with Gasteiger partial charge in [-0.1, -0.05) is 12.1 Å². The molecule has 1 amide bonds. The van der Waals surface area contributed by atoms with E-state index in [1.54, 1.807) is 13.3 Å². The van der Waals surface area contributed by atoms with Crippen LogP contribution in [0.25, 0.3) is 0 Å². The quantitative estimate of drug-likeness (QED) is 0.800. The van der Waals surface area contributed by atoms with Crippen LogP contribution in [0.4, 0.5) is 5.82 Å². The van der Waals surface area contributed by atoms with Gasteiger partial charge >= 0.3 is 0 Å². The molecule has 2 heterocycles. The number of benzene rings is 1. The summed E-state index contributed by atoms with van der Waals surface area (Å²) in [6.45, 7) is 6.28. The van der Waals surface area contributed by atoms with Crippen molar-refractivity contribution in [1.29, 1.82) is 0 Å². The normalized spacial score (nSPS) is 16.2. The molecule has 0 aliphatic carbocycles. The molecule has 1 aliphatic rings. The van der Waals surface area contributed by atoms with Crippen LogP contribution >= 0.6 is 0 Å². The van der Waals surface area contributed by atoms with Gasteiger partial charge in [0.1, 0.15) is 5.82 Å². The Morgan fingerprint density at radius 2 is 2.29 bits per heavy atom. The number of fused-ring (bicyclic) bond motifs is 1. The Labute approximate surface area is 140 Å². The van der Waals surface area contributed by atoms with E-state index in [0.29, 0.717) is 36.8 Å². The van der Waals surface area contributed by atoms with Crippen molar-refractivity contribution in [3.8, 4) is 11.5 Å². The highest BCUT2D eigenvalue weighted by atomic mass is 16.5. The summed E-state index contributed by atoms with van der Waals surface area (Å²) < 4.78 is 11.3. The van der Waals surface area contributed by atoms with Gasteiger partial charge in [-0.15, -0.1) is 6.58 Å². The maximum atomic E-state index is 12.0. The van der Waals surface area contributed by atoms with Crippen molar-refractivity contribution < 1.29 is 14.3 Å². The third kappa shape index (κ3) is 2.87. The summed E-state index contributed by atoms with van der Waals surface area (Å²) in [6, 6.07) is 4.01. The summed E-state index contributed by atoms with van der Waals surface area (Å²) >= 11 is 0. The fraction of sp³-hybridized carbons (Fsp3) is 0.333. The number of hydrogen-bond acceptors (Lipinski definition) is 4. The van der Waals surface area contributed by atoms with Crippen molar-refractivity contribution in [3.05, 3.63) is 47.7 Å². The van der Waals surface area contributed by atoms with Gasteiger partial charge in [-0.3, -0.25) is 9.89 Å². The van der Waals surface area contributed by atoms with Crippen molar-refractivity contribution in [2.75, 3.05) is 19.0 Å². The fourth-order valence-electron chi connectivity index (χ4n) is 3.13. The lowest BCUT2D eigenvalue weighted by atomic mass is 9.86. The topological polar surface area (TPSA) is 76.2 Å². The van der Waals surface area contributed by atoms with Crippen molar-refractivity contribution in [2.45, 2.75) is 25.7 Å². The van der Waals surface area contributed by atoms with Gasteiger partial charge in [0, 0.05) is 23.5 Å². The molecule has 1 aromatic heterocycles. The number of methoxy groups -OCH3 is 1. The van der Waals surface area contributed by atoms with Crippen LogP contribution in [0.5, 0.6) is 11.5 Å². The molecule has 6 nitrogen and oxygen atoms in total. The molecule has 2 aromatic rings. The predicted octanol–water partition coefficient (Wildman–Crippen LogP) is 3.02. The van der Waals surface area contributed by atoms with Crippen LogP contribution in [-0.2, 0) is 11.2 Å². The zero-order valence-corrected chi connectivity index (χ0v) is 13.9. The number of H-pyrrole nitrogens is 1. The smallest absolute Gasteiger partial charge is 0.226 e. The van der Waals surface area contributed by atoms with Crippen molar-refractivity contribution in [1.82, 2.24) is 10.2 Å². The first-order chi connectivity index (χ1) is 11.7. The van der Waals surface area contributed by atoms with Crippen LogP contribution in [0, 0.1) is 0 Å². The Morgan fingerprint density at radius 3 is 3.00 bits per heavy atom. The third-order valence-electron chi connectivity index (χ3n) is 4.12. The molecule has 0 fully saturated rings. The summed E-state index contributed by atoms with van der Waals surface area (Å²) in [5.74, 6) is 1.96. The van der Waals surface area contributed by atoms with Gasteiger partial charge in [-0.25, -0.2) is 0 Å². The lowest BCUT2D eigenvalue weighted by molar-refractivity contribution is -0.116. The van der Waals surface area contributed by atoms with Crippen molar-refractivity contribution in [3.63, 3.8) is 0 Å². The second-order valence-corrected chi connectivity index (χ2v) is 5.64. The van der Waals surface area contributed by atoms with E-state index >= 15 is 0 Å². The van der Waals surface area contributed by atoms with Crippen molar-refractivity contribution >= 4 is 11.7 Å². The second kappa shape index (κ2) is 6.78. The summed E-state index contributed by atoms with van der Waals surface area (Å²) in [5, 5.41) is 9.70. The monoisotopic (exact) mass is 327 g/mol. The number of carbonyl (C=O) groups excluding carboxylic acids is 1. The highest BCUT2D eigenvalue weighted by molar-refractivity contribution is 5.94. The maximum Gasteiger partial charge on any atom is 0.226 e. The van der Waals surface area contributed by atoms with E-state index in [1.807, 2.05) is 19.1 Å². The van der Waals surface area contributed by atoms with Gasteiger partial charge in [0.2, 0.25) is 5.91 Å². The van der Waals surface area contributed by atoms with E-state index in [-0.39, 0.29) is 11.8 Å². The van der Waals surface area contributed by atoms with E-state index in [9.17, 15) is 4.79 Å². The molecule has 1 aliphatic heterocycles. The minimum atomic E-state index is -0.0684. The SMILES string of the molecule is C=CCc1cc(C2CC(=O)Nc3[nH]ncc32)cc(OCC)c1OC. The van der Waals surface area contributed by atoms with Gasteiger partial charge in [0.05, 0.1) is 19.9 Å². The Kier molecular flexibility index (Phi) is 4.55. The molecule has 24 heavy (non-hydrogen) atoms. The first-order valence-corrected chi connectivity index (χ1v) is 7.95. The Balaban J connectivity index is 2.11. The lowest BCUT2D eigenvalue weighted by Gasteiger charge is -2.24. The summed E-state index contributed by atoms with van der Waals surface area (Å²) in [6.07, 6.45) is 4.62. The lowest BCUT2D eigenvalue weighted by Crippen LogP contribution is -2.23. The average molecular weight is 327 g/mol. The first kappa shape index (κ1) is 16.1. The average Bonchev–Trinajstić information content (AvgIpc) is 3.02. The van der Waals surface area contributed by atoms with Crippen LogP contribution < -0.4 is 14.8 Å². The molecule has 1 atom stereocenters. The van der Waals surface area contributed by atoms with Gasteiger partial charge in [0.25, 0.3) is 0 Å². The molecule has 6 heteroatoms. The van der Waals surface area contributed by atoms with E-state index < -0.39 is 0 Å². The highest BCUT2D eigenvalue weighted by Gasteiger charge is 2.29. The number of amides is 1. The zero-order chi connectivity index (χ0) is 17.1. The van der Waals surface area contributed by atoms with E-state index in [4.69, 9.17) is 9.47 Å². The summed E-state index contributed by atoms with van der Waals surface area (Å²) in [4.78, 5) is 12.0. The summed E-state index contributed by atoms with van der Waals surface area (Å²) in [5.41, 5.74) is 2.98. The van der Waals surface area contributed by atoms with Gasteiger partial charge in [0.15, 0.2) is 11.5 Å². The van der Waals surface area contributed by atoms with Crippen LogP contribution in [-0.4, -0.2) is 29.8 Å². The molecule has 1 unspecified atom stereocenters. The van der Waals surface area contributed by atoms with Gasteiger partial charge < -0.3 is 14.8 Å². The standard InChI is InChI=1S/C18H21N3O3/c1-4-6-11-7-12(8-15(24-5-2)17(11)23-3)13-9-16(22)20-18-14(13)10-19-21-18/h4,7-8,10,13H,1,5-6,9H2,2-3H3,(H2,19,20,21,22). The van der Waals surface area contributed by atoms with E-state index in [1.165, 1.54) is 0 Å².